The zero-order valence-electron chi connectivity index (χ0n) is 16.8. The lowest BCUT2D eigenvalue weighted by molar-refractivity contribution is 0.0676. The van der Waals surface area contributed by atoms with Crippen LogP contribution in [0.25, 0.3) is 0 Å². The molecule has 2 rings (SSSR count). The van der Waals surface area contributed by atoms with E-state index in [0.717, 1.165) is 12.0 Å². The van der Waals surface area contributed by atoms with E-state index in [9.17, 15) is 13.2 Å². The molecule has 1 aromatic carbocycles. The van der Waals surface area contributed by atoms with Gasteiger partial charge in [0, 0.05) is 12.6 Å². The van der Waals surface area contributed by atoms with Crippen molar-refractivity contribution in [3.63, 3.8) is 0 Å². The highest BCUT2D eigenvalue weighted by Gasteiger charge is 2.24. The zero-order valence-corrected chi connectivity index (χ0v) is 18.5. The fourth-order valence-electron chi connectivity index (χ4n) is 2.49. The zero-order chi connectivity index (χ0) is 20.9. The number of nitrogens with zero attached hydrogens (tertiary/aromatic N) is 1. The van der Waals surface area contributed by atoms with E-state index in [2.05, 4.69) is 0 Å². The third kappa shape index (κ3) is 5.26. The number of carbonyl (C=O) groups excluding carboxylic acids is 1. The van der Waals surface area contributed by atoms with Gasteiger partial charge in [-0.15, -0.1) is 11.3 Å². The SMILES string of the molecule is CC[C@H](C)N(Cc1ccc(OC)c(OS(=O)(=O)C(C)C)c1)C(=O)c1cccs1. The van der Waals surface area contributed by atoms with Gasteiger partial charge in [-0.1, -0.05) is 19.1 Å². The molecule has 6 nitrogen and oxygen atoms in total. The Balaban J connectivity index is 2.34. The number of carbonyl (C=O) groups is 1. The molecule has 0 bridgehead atoms. The highest BCUT2D eigenvalue weighted by molar-refractivity contribution is 7.87. The maximum absolute atomic E-state index is 12.9. The predicted molar refractivity (Wildman–Crippen MR) is 112 cm³/mol. The molecule has 0 aliphatic carbocycles. The first-order valence-corrected chi connectivity index (χ1v) is 11.5. The van der Waals surface area contributed by atoms with Gasteiger partial charge in [-0.05, 0) is 56.3 Å². The van der Waals surface area contributed by atoms with E-state index in [1.54, 1.807) is 36.9 Å². The topological polar surface area (TPSA) is 72.9 Å². The summed E-state index contributed by atoms with van der Waals surface area (Å²) in [6, 6.07) is 8.77. The number of hydrogen-bond donors (Lipinski definition) is 0. The molecule has 0 unspecified atom stereocenters. The monoisotopic (exact) mass is 425 g/mol. The van der Waals surface area contributed by atoms with E-state index in [4.69, 9.17) is 8.92 Å². The summed E-state index contributed by atoms with van der Waals surface area (Å²) in [4.78, 5) is 15.4. The van der Waals surface area contributed by atoms with Crippen molar-refractivity contribution >= 4 is 27.4 Å². The Morgan fingerprint density at radius 1 is 1.18 bits per heavy atom. The molecule has 1 heterocycles. The van der Waals surface area contributed by atoms with Crippen LogP contribution in [0.15, 0.2) is 35.7 Å². The van der Waals surface area contributed by atoms with Crippen molar-refractivity contribution in [2.24, 2.45) is 0 Å². The lowest BCUT2D eigenvalue weighted by Crippen LogP contribution is -2.37. The van der Waals surface area contributed by atoms with Crippen LogP contribution in [0.3, 0.4) is 0 Å². The van der Waals surface area contributed by atoms with Gasteiger partial charge in [-0.3, -0.25) is 4.79 Å². The van der Waals surface area contributed by atoms with Crippen molar-refractivity contribution in [1.29, 1.82) is 0 Å². The van der Waals surface area contributed by atoms with E-state index in [-0.39, 0.29) is 17.7 Å². The molecular formula is C20H27NO5S2. The van der Waals surface area contributed by atoms with Crippen molar-refractivity contribution in [2.45, 2.75) is 52.0 Å². The van der Waals surface area contributed by atoms with Crippen LogP contribution in [0.5, 0.6) is 11.5 Å². The van der Waals surface area contributed by atoms with Gasteiger partial charge in [0.2, 0.25) is 0 Å². The summed E-state index contributed by atoms with van der Waals surface area (Å²) in [5, 5.41) is 1.19. The first-order chi connectivity index (χ1) is 13.2. The van der Waals surface area contributed by atoms with E-state index in [1.807, 2.05) is 31.4 Å². The third-order valence-corrected chi connectivity index (χ3v) is 6.90. The van der Waals surface area contributed by atoms with Gasteiger partial charge in [0.05, 0.1) is 17.2 Å². The largest absolute Gasteiger partial charge is 0.493 e. The predicted octanol–water partition coefficient (Wildman–Crippen LogP) is 4.31. The summed E-state index contributed by atoms with van der Waals surface area (Å²) in [6.07, 6.45) is 0.804. The lowest BCUT2D eigenvalue weighted by Gasteiger charge is -2.28. The smallest absolute Gasteiger partial charge is 0.311 e. The van der Waals surface area contributed by atoms with Crippen LogP contribution in [-0.2, 0) is 16.7 Å². The average Bonchev–Trinajstić information content (AvgIpc) is 3.19. The van der Waals surface area contributed by atoms with Crippen molar-refractivity contribution in [2.75, 3.05) is 7.11 Å². The molecule has 0 saturated carbocycles. The minimum absolute atomic E-state index is 0.0282. The van der Waals surface area contributed by atoms with Crippen molar-refractivity contribution in [1.82, 2.24) is 4.90 Å². The Hall–Kier alpha value is -2.06. The van der Waals surface area contributed by atoms with E-state index in [0.29, 0.717) is 17.2 Å². The van der Waals surface area contributed by atoms with Gasteiger partial charge < -0.3 is 13.8 Å². The summed E-state index contributed by atoms with van der Waals surface area (Å²) in [7, 11) is -2.31. The van der Waals surface area contributed by atoms with Gasteiger partial charge >= 0.3 is 10.1 Å². The van der Waals surface area contributed by atoms with Crippen LogP contribution in [0.2, 0.25) is 0 Å². The summed E-state index contributed by atoms with van der Waals surface area (Å²) in [6.45, 7) is 7.46. The molecule has 1 amide bonds. The second kappa shape index (κ2) is 9.43. The number of ether oxygens (including phenoxy) is 1. The molecule has 0 N–H and O–H groups in total. The van der Waals surface area contributed by atoms with Crippen molar-refractivity contribution in [3.05, 3.63) is 46.2 Å². The molecule has 0 fully saturated rings. The van der Waals surface area contributed by atoms with E-state index < -0.39 is 15.4 Å². The molecular weight excluding hydrogens is 398 g/mol. The van der Waals surface area contributed by atoms with Crippen LogP contribution < -0.4 is 8.92 Å². The number of amides is 1. The van der Waals surface area contributed by atoms with Crippen LogP contribution in [0.4, 0.5) is 0 Å². The number of thiophene rings is 1. The maximum Gasteiger partial charge on any atom is 0.311 e. The molecule has 8 heteroatoms. The normalized spacial score (nSPS) is 12.6. The second-order valence-electron chi connectivity index (χ2n) is 6.78. The molecule has 0 aliphatic heterocycles. The van der Waals surface area contributed by atoms with Crippen molar-refractivity contribution in [3.8, 4) is 11.5 Å². The third-order valence-electron chi connectivity index (χ3n) is 4.48. The molecule has 154 valence electrons. The highest BCUT2D eigenvalue weighted by Crippen LogP contribution is 2.31. The summed E-state index contributed by atoms with van der Waals surface area (Å²) in [5.41, 5.74) is 0.764. The highest BCUT2D eigenvalue weighted by atomic mass is 32.2. The molecule has 0 aliphatic rings. The number of benzene rings is 1. The maximum atomic E-state index is 12.9. The standard InChI is InChI=1S/C20H27NO5S2/c1-6-15(4)21(20(22)19-8-7-11-27-19)13-16-9-10-17(25-5)18(12-16)26-28(23,24)14(2)3/h7-12,14-15H,6,13H2,1-5H3/t15-/m0/s1. The molecule has 0 saturated heterocycles. The molecule has 1 atom stereocenters. The second-order valence-corrected chi connectivity index (χ2v) is 9.82. The minimum Gasteiger partial charge on any atom is -0.493 e. The van der Waals surface area contributed by atoms with Crippen LogP contribution in [-0.4, -0.2) is 37.6 Å². The van der Waals surface area contributed by atoms with Crippen LogP contribution in [0.1, 0.15) is 49.4 Å². The molecule has 2 aromatic rings. The first kappa shape index (κ1) is 22.2. The summed E-state index contributed by atoms with van der Waals surface area (Å²) < 4.78 is 34.9. The Labute approximate surface area is 171 Å². The average molecular weight is 426 g/mol. The Morgan fingerprint density at radius 2 is 1.89 bits per heavy atom. The van der Waals surface area contributed by atoms with Crippen molar-refractivity contribution < 1.29 is 22.1 Å². The summed E-state index contributed by atoms with van der Waals surface area (Å²) in [5.74, 6) is 0.409. The van der Waals surface area contributed by atoms with Gasteiger partial charge in [-0.2, -0.15) is 8.42 Å². The lowest BCUT2D eigenvalue weighted by atomic mass is 10.1. The molecule has 1 aromatic heterocycles. The number of methoxy groups -OCH3 is 1. The quantitative estimate of drug-likeness (QED) is 0.560. The molecule has 0 radical (unpaired) electrons. The number of rotatable bonds is 9. The van der Waals surface area contributed by atoms with E-state index in [1.165, 1.54) is 18.4 Å². The Kier molecular flexibility index (Phi) is 7.48. The number of hydrogen-bond acceptors (Lipinski definition) is 6. The first-order valence-electron chi connectivity index (χ1n) is 9.14. The van der Waals surface area contributed by atoms with Crippen LogP contribution in [0, 0.1) is 0 Å². The fourth-order valence-corrected chi connectivity index (χ4v) is 3.74. The fraction of sp³-hybridized carbons (Fsp3) is 0.450. The van der Waals surface area contributed by atoms with Crippen LogP contribution >= 0.6 is 11.3 Å². The summed E-state index contributed by atoms with van der Waals surface area (Å²) >= 11 is 1.40. The molecule has 28 heavy (non-hydrogen) atoms. The Bertz CT molecular complexity index is 891. The van der Waals surface area contributed by atoms with E-state index >= 15 is 0 Å². The molecule has 0 spiro atoms. The van der Waals surface area contributed by atoms with Gasteiger partial charge in [0.15, 0.2) is 11.5 Å². The van der Waals surface area contributed by atoms with Gasteiger partial charge in [-0.25, -0.2) is 0 Å². The van der Waals surface area contributed by atoms with Gasteiger partial charge in [0.1, 0.15) is 0 Å². The Morgan fingerprint density at radius 3 is 2.43 bits per heavy atom. The minimum atomic E-state index is -3.76. The van der Waals surface area contributed by atoms with Gasteiger partial charge in [0.25, 0.3) is 5.91 Å².